The molecule has 29 heavy (non-hydrogen) atoms. The average molecular weight is 406 g/mol. The Hall–Kier alpha value is -3.33. The summed E-state index contributed by atoms with van der Waals surface area (Å²) < 4.78 is 13.7. The fraction of sp³-hybridized carbons (Fsp3) is 0.300. The van der Waals surface area contributed by atoms with Crippen LogP contribution < -0.4 is 10.6 Å². The van der Waals surface area contributed by atoms with Gasteiger partial charge in [0.1, 0.15) is 17.1 Å². The lowest BCUT2D eigenvalue weighted by Gasteiger charge is -2.17. The summed E-state index contributed by atoms with van der Waals surface area (Å²) in [4.78, 5) is 24.1. The number of para-hydroxylation sites is 1. The smallest absolute Gasteiger partial charge is 0.258 e. The highest BCUT2D eigenvalue weighted by Crippen LogP contribution is 2.27. The van der Waals surface area contributed by atoms with Gasteiger partial charge in [0.05, 0.1) is 18.2 Å². The zero-order chi connectivity index (χ0) is 21.4. The number of carbonyl (C=O) groups is 2. The Labute approximate surface area is 166 Å². The largest absolute Gasteiger partial charge is 0.507 e. The van der Waals surface area contributed by atoms with Crippen LogP contribution in [0.1, 0.15) is 40.0 Å². The third-order valence-corrected chi connectivity index (χ3v) is 4.30. The van der Waals surface area contributed by atoms with Crippen molar-refractivity contribution < 1.29 is 34.4 Å². The van der Waals surface area contributed by atoms with Crippen LogP contribution in [0.5, 0.6) is 17.2 Å². The van der Waals surface area contributed by atoms with Crippen molar-refractivity contribution in [2.75, 3.05) is 13.2 Å². The molecule has 0 spiro atoms. The summed E-state index contributed by atoms with van der Waals surface area (Å²) in [5, 5.41) is 43.2. The maximum absolute atomic E-state index is 13.7. The van der Waals surface area contributed by atoms with Gasteiger partial charge in [-0.25, -0.2) is 4.39 Å². The van der Waals surface area contributed by atoms with Gasteiger partial charge in [-0.1, -0.05) is 12.1 Å². The van der Waals surface area contributed by atoms with Gasteiger partial charge in [-0.05, 0) is 43.5 Å². The number of phenolic OH excluding ortho intramolecular Hbond substituents is 3. The molecule has 0 heterocycles. The van der Waals surface area contributed by atoms with Crippen molar-refractivity contribution in [3.05, 3.63) is 53.3 Å². The van der Waals surface area contributed by atoms with Crippen LogP contribution in [0, 0.1) is 5.82 Å². The molecule has 0 unspecified atom stereocenters. The van der Waals surface area contributed by atoms with Crippen LogP contribution in [0.15, 0.2) is 36.4 Å². The lowest BCUT2D eigenvalue weighted by atomic mass is 10.1. The summed E-state index contributed by atoms with van der Waals surface area (Å²) >= 11 is 0. The highest BCUT2D eigenvalue weighted by atomic mass is 19.1. The number of amides is 2. The molecule has 0 aliphatic carbocycles. The maximum atomic E-state index is 13.7. The predicted octanol–water partition coefficient (Wildman–Crippen LogP) is 1.63. The van der Waals surface area contributed by atoms with Crippen LogP contribution >= 0.6 is 0 Å². The SMILES string of the molecule is O=C(NCCCC[C@@H](CO)NC(=O)c1c(O)cccc1F)c1cccc(O)c1O. The molecule has 2 rings (SSSR count). The number of halogens is 1. The van der Waals surface area contributed by atoms with E-state index < -0.39 is 40.7 Å². The van der Waals surface area contributed by atoms with E-state index >= 15 is 0 Å². The Morgan fingerprint density at radius 3 is 2.34 bits per heavy atom. The second kappa shape index (κ2) is 10.3. The zero-order valence-electron chi connectivity index (χ0n) is 15.6. The van der Waals surface area contributed by atoms with Gasteiger partial charge in [-0.2, -0.15) is 0 Å². The zero-order valence-corrected chi connectivity index (χ0v) is 15.6. The van der Waals surface area contributed by atoms with Crippen LogP contribution in [-0.2, 0) is 0 Å². The fourth-order valence-corrected chi connectivity index (χ4v) is 2.73. The second-order valence-corrected chi connectivity index (χ2v) is 6.41. The minimum atomic E-state index is -0.864. The van der Waals surface area contributed by atoms with Gasteiger partial charge >= 0.3 is 0 Å². The summed E-state index contributed by atoms with van der Waals surface area (Å²) in [6, 6.07) is 6.94. The van der Waals surface area contributed by atoms with Gasteiger partial charge in [-0.15, -0.1) is 0 Å². The van der Waals surface area contributed by atoms with E-state index in [-0.39, 0.29) is 24.5 Å². The average Bonchev–Trinajstić information content (AvgIpc) is 2.68. The first-order valence-electron chi connectivity index (χ1n) is 9.03. The number of hydrogen-bond acceptors (Lipinski definition) is 6. The molecule has 2 aromatic rings. The molecule has 2 aromatic carbocycles. The number of aliphatic hydroxyl groups is 1. The summed E-state index contributed by atoms with van der Waals surface area (Å²) in [5.41, 5.74) is -0.528. The third kappa shape index (κ3) is 5.82. The Kier molecular flexibility index (Phi) is 7.79. The molecule has 0 fully saturated rings. The van der Waals surface area contributed by atoms with Crippen molar-refractivity contribution in [3.8, 4) is 17.2 Å². The van der Waals surface area contributed by atoms with Crippen molar-refractivity contribution >= 4 is 11.8 Å². The molecule has 6 N–H and O–H groups in total. The summed E-state index contributed by atoms with van der Waals surface area (Å²) in [5.74, 6) is -3.61. The Morgan fingerprint density at radius 2 is 1.66 bits per heavy atom. The molecule has 156 valence electrons. The number of aromatic hydroxyl groups is 3. The molecular weight excluding hydrogens is 383 g/mol. The number of aliphatic hydroxyl groups excluding tert-OH is 1. The summed E-state index contributed by atoms with van der Waals surface area (Å²) in [6.45, 7) is -0.0986. The molecular formula is C20H23FN2O6. The van der Waals surface area contributed by atoms with Gasteiger partial charge < -0.3 is 31.1 Å². The van der Waals surface area contributed by atoms with E-state index in [1.54, 1.807) is 0 Å². The molecule has 0 radical (unpaired) electrons. The molecule has 9 heteroatoms. The minimum Gasteiger partial charge on any atom is -0.507 e. The first kappa shape index (κ1) is 22.0. The van der Waals surface area contributed by atoms with Gasteiger partial charge in [0.2, 0.25) is 0 Å². The van der Waals surface area contributed by atoms with E-state index in [1.165, 1.54) is 30.3 Å². The number of phenols is 3. The van der Waals surface area contributed by atoms with Gasteiger partial charge in [0.15, 0.2) is 11.5 Å². The van der Waals surface area contributed by atoms with Crippen LogP contribution in [0.3, 0.4) is 0 Å². The molecule has 0 aliphatic heterocycles. The monoisotopic (exact) mass is 406 g/mol. The molecule has 1 atom stereocenters. The van der Waals surface area contributed by atoms with E-state index in [0.717, 1.165) is 6.07 Å². The first-order chi connectivity index (χ1) is 13.8. The first-order valence-corrected chi connectivity index (χ1v) is 9.03. The maximum Gasteiger partial charge on any atom is 0.258 e. The van der Waals surface area contributed by atoms with E-state index in [0.29, 0.717) is 19.3 Å². The van der Waals surface area contributed by atoms with Crippen molar-refractivity contribution in [2.24, 2.45) is 0 Å². The minimum absolute atomic E-state index is 0.0461. The normalized spacial score (nSPS) is 11.7. The molecule has 2 amide bonds. The Bertz CT molecular complexity index is 854. The number of rotatable bonds is 9. The van der Waals surface area contributed by atoms with E-state index in [9.17, 15) is 34.4 Å². The molecule has 0 saturated carbocycles. The van der Waals surface area contributed by atoms with Crippen molar-refractivity contribution in [1.82, 2.24) is 10.6 Å². The van der Waals surface area contributed by atoms with Crippen LogP contribution in [0.25, 0.3) is 0 Å². The second-order valence-electron chi connectivity index (χ2n) is 6.41. The highest BCUT2D eigenvalue weighted by Gasteiger charge is 2.19. The van der Waals surface area contributed by atoms with Crippen molar-refractivity contribution in [2.45, 2.75) is 25.3 Å². The van der Waals surface area contributed by atoms with Crippen LogP contribution in [0.4, 0.5) is 4.39 Å². The number of carbonyl (C=O) groups excluding carboxylic acids is 2. The van der Waals surface area contributed by atoms with Gasteiger partial charge in [0.25, 0.3) is 11.8 Å². The number of benzene rings is 2. The Balaban J connectivity index is 1.78. The predicted molar refractivity (Wildman–Crippen MR) is 102 cm³/mol. The van der Waals surface area contributed by atoms with Gasteiger partial charge in [-0.3, -0.25) is 9.59 Å². The van der Waals surface area contributed by atoms with E-state index in [4.69, 9.17) is 0 Å². The lowest BCUT2D eigenvalue weighted by Crippen LogP contribution is -2.38. The molecule has 0 aromatic heterocycles. The molecule has 8 nitrogen and oxygen atoms in total. The summed E-state index contributed by atoms with van der Waals surface area (Å²) in [6.07, 6.45) is 1.41. The van der Waals surface area contributed by atoms with Gasteiger partial charge in [0, 0.05) is 6.54 Å². The Morgan fingerprint density at radius 1 is 0.966 bits per heavy atom. The summed E-state index contributed by atoms with van der Waals surface area (Å²) in [7, 11) is 0. The molecule has 0 bridgehead atoms. The highest BCUT2D eigenvalue weighted by molar-refractivity contribution is 5.98. The van der Waals surface area contributed by atoms with E-state index in [1.807, 2.05) is 0 Å². The standard InChI is InChI=1S/C20H23FN2O6/c21-14-7-4-8-15(25)17(14)20(29)23-12(11-24)5-1-2-10-22-19(28)13-6-3-9-16(26)18(13)27/h3-4,6-9,12,24-27H,1-2,5,10-11H2,(H,22,28)(H,23,29)/t12-/m0/s1. The fourth-order valence-electron chi connectivity index (χ4n) is 2.73. The number of hydrogen-bond donors (Lipinski definition) is 6. The van der Waals surface area contributed by atoms with Crippen LogP contribution in [-0.4, -0.2) is 51.4 Å². The molecule has 0 saturated heterocycles. The lowest BCUT2D eigenvalue weighted by molar-refractivity contribution is 0.0905. The third-order valence-electron chi connectivity index (χ3n) is 4.30. The van der Waals surface area contributed by atoms with Crippen molar-refractivity contribution in [1.29, 1.82) is 0 Å². The number of unbranched alkanes of at least 4 members (excludes halogenated alkanes) is 1. The molecule has 0 aliphatic rings. The quantitative estimate of drug-likeness (QED) is 0.276. The number of nitrogens with one attached hydrogen (secondary N) is 2. The topological polar surface area (TPSA) is 139 Å². The van der Waals surface area contributed by atoms with E-state index in [2.05, 4.69) is 10.6 Å². The van der Waals surface area contributed by atoms with Crippen LogP contribution in [0.2, 0.25) is 0 Å². The van der Waals surface area contributed by atoms with Crippen molar-refractivity contribution in [3.63, 3.8) is 0 Å².